The van der Waals surface area contributed by atoms with Crippen LogP contribution in [0.25, 0.3) is 0 Å². The number of benzene rings is 1. The number of hydrogen-bond acceptors (Lipinski definition) is 6. The predicted molar refractivity (Wildman–Crippen MR) is 85.7 cm³/mol. The lowest BCUT2D eigenvalue weighted by Crippen LogP contribution is -2.13. The van der Waals surface area contributed by atoms with Crippen molar-refractivity contribution in [3.05, 3.63) is 59.6 Å². The number of nitrogens with one attached hydrogen (secondary N) is 2. The molecule has 23 heavy (non-hydrogen) atoms. The fourth-order valence-electron chi connectivity index (χ4n) is 1.96. The minimum Gasteiger partial charge on any atom is -0.360 e. The maximum absolute atomic E-state index is 12.2. The molecule has 0 aliphatic rings. The van der Waals surface area contributed by atoms with Gasteiger partial charge in [0.1, 0.15) is 5.76 Å². The lowest BCUT2D eigenvalue weighted by molar-refractivity contribution is 0.102. The zero-order valence-corrected chi connectivity index (χ0v) is 12.7. The number of anilines is 3. The quantitative estimate of drug-likeness (QED) is 0.769. The first kappa shape index (κ1) is 14.7. The molecule has 1 aromatic carbocycles. The van der Waals surface area contributed by atoms with Gasteiger partial charge in [-0.25, -0.2) is 9.97 Å². The Morgan fingerprint density at radius 1 is 1.13 bits per heavy atom. The Morgan fingerprint density at radius 3 is 2.52 bits per heavy atom. The zero-order chi connectivity index (χ0) is 16.2. The summed E-state index contributed by atoms with van der Waals surface area (Å²) < 4.78 is 4.94. The van der Waals surface area contributed by atoms with Crippen LogP contribution in [0.1, 0.15) is 21.7 Å². The molecule has 0 atom stereocenters. The second-order valence-electron chi connectivity index (χ2n) is 5.01. The van der Waals surface area contributed by atoms with Gasteiger partial charge in [0.25, 0.3) is 5.91 Å². The van der Waals surface area contributed by atoms with Gasteiger partial charge >= 0.3 is 0 Å². The highest BCUT2D eigenvalue weighted by atomic mass is 16.5. The summed E-state index contributed by atoms with van der Waals surface area (Å²) in [5.74, 6) is 1.27. The largest absolute Gasteiger partial charge is 0.360 e. The molecule has 0 unspecified atom stereocenters. The Morgan fingerprint density at radius 2 is 1.87 bits per heavy atom. The molecule has 0 aliphatic heterocycles. The van der Waals surface area contributed by atoms with Gasteiger partial charge in [0.2, 0.25) is 5.95 Å². The summed E-state index contributed by atoms with van der Waals surface area (Å²) >= 11 is 0. The highest BCUT2D eigenvalue weighted by Gasteiger charge is 2.09. The third kappa shape index (κ3) is 3.52. The van der Waals surface area contributed by atoms with Gasteiger partial charge in [0.05, 0.1) is 5.56 Å². The standard InChI is InChI=1S/C16H15N5O2/c1-10-5-3-4-6-13(10)19-15(22)12-8-17-16(18-9-12)20-14-7-11(2)23-21-14/h3-9H,1-2H3,(H,19,22)(H,17,18,20,21). The summed E-state index contributed by atoms with van der Waals surface area (Å²) in [6.45, 7) is 3.72. The van der Waals surface area contributed by atoms with Gasteiger partial charge < -0.3 is 15.2 Å². The van der Waals surface area contributed by atoms with E-state index in [9.17, 15) is 4.79 Å². The highest BCUT2D eigenvalue weighted by Crippen LogP contribution is 2.15. The Bertz CT molecular complexity index is 826. The Balaban J connectivity index is 1.69. The molecule has 0 bridgehead atoms. The first-order chi connectivity index (χ1) is 11.1. The summed E-state index contributed by atoms with van der Waals surface area (Å²) in [6, 6.07) is 9.28. The molecule has 7 heteroatoms. The smallest absolute Gasteiger partial charge is 0.258 e. The number of carbonyl (C=O) groups excluding carboxylic acids is 1. The number of aryl methyl sites for hydroxylation is 2. The summed E-state index contributed by atoms with van der Waals surface area (Å²) in [4.78, 5) is 20.4. The lowest BCUT2D eigenvalue weighted by Gasteiger charge is -2.08. The van der Waals surface area contributed by atoms with Crippen molar-refractivity contribution in [3.63, 3.8) is 0 Å². The minimum atomic E-state index is -0.261. The van der Waals surface area contributed by atoms with Crippen LogP contribution in [0.3, 0.4) is 0 Å². The van der Waals surface area contributed by atoms with Crippen LogP contribution in [-0.4, -0.2) is 21.0 Å². The van der Waals surface area contributed by atoms with E-state index in [0.29, 0.717) is 23.1 Å². The molecular weight excluding hydrogens is 294 g/mol. The first-order valence-electron chi connectivity index (χ1n) is 7.01. The molecule has 2 N–H and O–H groups in total. The average molecular weight is 309 g/mol. The number of amides is 1. The summed E-state index contributed by atoms with van der Waals surface area (Å²) in [6.07, 6.45) is 2.91. The van der Waals surface area contributed by atoms with E-state index in [1.54, 1.807) is 13.0 Å². The zero-order valence-electron chi connectivity index (χ0n) is 12.7. The third-order valence-electron chi connectivity index (χ3n) is 3.18. The SMILES string of the molecule is Cc1cc(Nc2ncc(C(=O)Nc3ccccc3C)cn2)no1. The van der Waals surface area contributed by atoms with Gasteiger partial charge in [-0.1, -0.05) is 23.4 Å². The van der Waals surface area contributed by atoms with Crippen molar-refractivity contribution in [3.8, 4) is 0 Å². The maximum Gasteiger partial charge on any atom is 0.258 e. The van der Waals surface area contributed by atoms with E-state index in [4.69, 9.17) is 4.52 Å². The van der Waals surface area contributed by atoms with Crippen LogP contribution in [0, 0.1) is 13.8 Å². The second kappa shape index (κ2) is 6.27. The minimum absolute atomic E-state index is 0.261. The van der Waals surface area contributed by atoms with Crippen molar-refractivity contribution < 1.29 is 9.32 Å². The molecule has 2 aromatic heterocycles. The van der Waals surface area contributed by atoms with E-state index < -0.39 is 0 Å². The molecular formula is C16H15N5O2. The van der Waals surface area contributed by atoms with Crippen LogP contribution in [0.5, 0.6) is 0 Å². The average Bonchev–Trinajstić information content (AvgIpc) is 2.95. The van der Waals surface area contributed by atoms with Gasteiger partial charge in [0.15, 0.2) is 5.82 Å². The molecule has 2 heterocycles. The number of hydrogen-bond donors (Lipinski definition) is 2. The molecule has 1 amide bonds. The third-order valence-corrected chi connectivity index (χ3v) is 3.18. The van der Waals surface area contributed by atoms with Crippen LogP contribution >= 0.6 is 0 Å². The highest BCUT2D eigenvalue weighted by molar-refractivity contribution is 6.04. The normalized spacial score (nSPS) is 10.3. The summed E-state index contributed by atoms with van der Waals surface area (Å²) in [5.41, 5.74) is 2.12. The van der Waals surface area contributed by atoms with Crippen molar-refractivity contribution in [1.29, 1.82) is 0 Å². The number of para-hydroxylation sites is 1. The van der Waals surface area contributed by atoms with Gasteiger partial charge in [-0.15, -0.1) is 0 Å². The molecule has 0 aliphatic carbocycles. The molecule has 116 valence electrons. The van der Waals surface area contributed by atoms with Gasteiger partial charge in [-0.2, -0.15) is 0 Å². The Kier molecular flexibility index (Phi) is 4.01. The topological polar surface area (TPSA) is 92.9 Å². The van der Waals surface area contributed by atoms with Crippen molar-refractivity contribution in [1.82, 2.24) is 15.1 Å². The van der Waals surface area contributed by atoms with Gasteiger partial charge in [-0.3, -0.25) is 4.79 Å². The van der Waals surface area contributed by atoms with Crippen LogP contribution in [0.15, 0.2) is 47.2 Å². The summed E-state index contributed by atoms with van der Waals surface area (Å²) in [5, 5.41) is 9.51. The van der Waals surface area contributed by atoms with Gasteiger partial charge in [-0.05, 0) is 25.5 Å². The van der Waals surface area contributed by atoms with E-state index in [0.717, 1.165) is 11.3 Å². The number of carbonyl (C=O) groups is 1. The van der Waals surface area contributed by atoms with E-state index in [1.807, 2.05) is 31.2 Å². The number of rotatable bonds is 4. The van der Waals surface area contributed by atoms with E-state index in [-0.39, 0.29) is 5.91 Å². The van der Waals surface area contributed by atoms with Crippen molar-refractivity contribution >= 4 is 23.4 Å². The second-order valence-corrected chi connectivity index (χ2v) is 5.01. The lowest BCUT2D eigenvalue weighted by atomic mass is 10.2. The first-order valence-corrected chi connectivity index (χ1v) is 7.01. The van der Waals surface area contributed by atoms with Crippen molar-refractivity contribution in [2.75, 3.05) is 10.6 Å². The van der Waals surface area contributed by atoms with Crippen molar-refractivity contribution in [2.45, 2.75) is 13.8 Å². The van der Waals surface area contributed by atoms with Crippen LogP contribution < -0.4 is 10.6 Å². The van der Waals surface area contributed by atoms with E-state index in [2.05, 4.69) is 25.8 Å². The van der Waals surface area contributed by atoms with E-state index in [1.165, 1.54) is 12.4 Å². The fourth-order valence-corrected chi connectivity index (χ4v) is 1.96. The van der Waals surface area contributed by atoms with Crippen LogP contribution in [-0.2, 0) is 0 Å². The molecule has 7 nitrogen and oxygen atoms in total. The van der Waals surface area contributed by atoms with Crippen LogP contribution in [0.4, 0.5) is 17.5 Å². The number of aromatic nitrogens is 3. The molecule has 0 saturated heterocycles. The monoisotopic (exact) mass is 309 g/mol. The Labute approximate surface area is 132 Å². The van der Waals surface area contributed by atoms with Gasteiger partial charge in [0, 0.05) is 24.1 Å². The van der Waals surface area contributed by atoms with Crippen LogP contribution in [0.2, 0.25) is 0 Å². The maximum atomic E-state index is 12.2. The molecule has 0 radical (unpaired) electrons. The van der Waals surface area contributed by atoms with E-state index >= 15 is 0 Å². The molecule has 3 rings (SSSR count). The molecule has 0 spiro atoms. The molecule has 0 saturated carbocycles. The fraction of sp³-hybridized carbons (Fsp3) is 0.125. The van der Waals surface area contributed by atoms with Crippen molar-refractivity contribution in [2.24, 2.45) is 0 Å². The summed E-state index contributed by atoms with van der Waals surface area (Å²) in [7, 11) is 0. The number of nitrogens with zero attached hydrogens (tertiary/aromatic N) is 3. The Hall–Kier alpha value is -3.22. The molecule has 3 aromatic rings. The predicted octanol–water partition coefficient (Wildman–Crippen LogP) is 3.08. The molecule has 0 fully saturated rings.